The van der Waals surface area contributed by atoms with Crippen LogP contribution in [0.4, 0.5) is 5.69 Å². The summed E-state index contributed by atoms with van der Waals surface area (Å²) in [4.78, 5) is 23.4. The summed E-state index contributed by atoms with van der Waals surface area (Å²) in [6, 6.07) is 8.23. The minimum atomic E-state index is -0.438. The number of hydrogen-bond donors (Lipinski definition) is 1. The number of ether oxygens (including phenoxy) is 1. The average molecular weight is 259 g/mol. The quantitative estimate of drug-likeness (QED) is 0.860. The van der Waals surface area contributed by atoms with Crippen molar-refractivity contribution in [3.63, 3.8) is 0 Å². The maximum atomic E-state index is 11.9. The van der Waals surface area contributed by atoms with Crippen molar-refractivity contribution in [3.8, 4) is 0 Å². The summed E-state index contributed by atoms with van der Waals surface area (Å²) in [5.74, 6) is -0.593. The van der Waals surface area contributed by atoms with Gasteiger partial charge in [-0.25, -0.2) is 4.79 Å². The summed E-state index contributed by atoms with van der Waals surface area (Å²) < 4.78 is 9.68. The molecular weight excluding hydrogens is 246 g/mol. The molecule has 0 spiro atoms. The predicted molar refractivity (Wildman–Crippen MR) is 69.2 cm³/mol. The van der Waals surface area contributed by atoms with Crippen molar-refractivity contribution in [2.45, 2.75) is 6.92 Å². The van der Waals surface area contributed by atoms with Gasteiger partial charge in [0, 0.05) is 5.69 Å². The van der Waals surface area contributed by atoms with Gasteiger partial charge in [-0.1, -0.05) is 6.07 Å². The van der Waals surface area contributed by atoms with E-state index in [4.69, 9.17) is 4.42 Å². The first-order valence-electron chi connectivity index (χ1n) is 5.66. The predicted octanol–water partition coefficient (Wildman–Crippen LogP) is 2.63. The Balaban J connectivity index is 2.26. The van der Waals surface area contributed by atoms with Crippen LogP contribution in [0.2, 0.25) is 0 Å². The third kappa shape index (κ3) is 2.65. The molecular formula is C14H13NO4. The van der Waals surface area contributed by atoms with Crippen LogP contribution in [-0.4, -0.2) is 19.0 Å². The fraction of sp³-hybridized carbons (Fsp3) is 0.143. The van der Waals surface area contributed by atoms with Crippen LogP contribution < -0.4 is 5.32 Å². The molecule has 98 valence electrons. The smallest absolute Gasteiger partial charge is 0.338 e. The molecule has 1 amide bonds. The van der Waals surface area contributed by atoms with Crippen molar-refractivity contribution in [3.05, 3.63) is 53.5 Å². The minimum absolute atomic E-state index is 0.211. The summed E-state index contributed by atoms with van der Waals surface area (Å²) in [6.45, 7) is 1.74. The zero-order valence-electron chi connectivity index (χ0n) is 10.6. The number of methoxy groups -OCH3 is 1. The van der Waals surface area contributed by atoms with Crippen LogP contribution in [0.5, 0.6) is 0 Å². The highest BCUT2D eigenvalue weighted by Crippen LogP contribution is 2.20. The second-order valence-electron chi connectivity index (χ2n) is 3.90. The fourth-order valence-corrected chi connectivity index (χ4v) is 1.69. The van der Waals surface area contributed by atoms with E-state index in [1.165, 1.54) is 13.4 Å². The minimum Gasteiger partial charge on any atom is -0.465 e. The number of carbonyl (C=O) groups excluding carboxylic acids is 2. The Bertz CT molecular complexity index is 602. The van der Waals surface area contributed by atoms with Gasteiger partial charge in [-0.2, -0.15) is 0 Å². The molecule has 0 saturated carbocycles. The second kappa shape index (κ2) is 5.39. The van der Waals surface area contributed by atoms with Gasteiger partial charge in [0.25, 0.3) is 5.91 Å². The van der Waals surface area contributed by atoms with Gasteiger partial charge >= 0.3 is 5.97 Å². The molecule has 1 N–H and O–H groups in total. The number of hydrogen-bond acceptors (Lipinski definition) is 4. The maximum Gasteiger partial charge on any atom is 0.338 e. The van der Waals surface area contributed by atoms with Crippen molar-refractivity contribution in [1.29, 1.82) is 0 Å². The summed E-state index contributed by atoms with van der Waals surface area (Å²) >= 11 is 0. The van der Waals surface area contributed by atoms with Crippen LogP contribution in [0, 0.1) is 6.92 Å². The van der Waals surface area contributed by atoms with E-state index in [9.17, 15) is 9.59 Å². The van der Waals surface area contributed by atoms with E-state index in [0.29, 0.717) is 16.8 Å². The molecule has 0 fully saturated rings. The molecule has 0 bridgehead atoms. The molecule has 0 saturated heterocycles. The highest BCUT2D eigenvalue weighted by molar-refractivity contribution is 6.03. The standard InChI is InChI=1S/C14H13NO4/c1-9-10(14(17)18-2)5-3-6-11(9)15-13(16)12-7-4-8-19-12/h3-8H,1-2H3,(H,15,16). The zero-order chi connectivity index (χ0) is 13.8. The Morgan fingerprint density at radius 1 is 1.21 bits per heavy atom. The Kier molecular flexibility index (Phi) is 3.66. The van der Waals surface area contributed by atoms with E-state index >= 15 is 0 Å². The topological polar surface area (TPSA) is 68.5 Å². The monoisotopic (exact) mass is 259 g/mol. The first-order chi connectivity index (χ1) is 9.13. The lowest BCUT2D eigenvalue weighted by atomic mass is 10.1. The molecule has 0 aliphatic carbocycles. The van der Waals surface area contributed by atoms with Gasteiger partial charge in [0.1, 0.15) is 0 Å². The van der Waals surface area contributed by atoms with Crippen molar-refractivity contribution in [2.24, 2.45) is 0 Å². The second-order valence-corrected chi connectivity index (χ2v) is 3.90. The lowest BCUT2D eigenvalue weighted by Crippen LogP contribution is -2.13. The van der Waals surface area contributed by atoms with E-state index < -0.39 is 5.97 Å². The van der Waals surface area contributed by atoms with Crippen LogP contribution in [-0.2, 0) is 4.74 Å². The van der Waals surface area contributed by atoms with Crippen LogP contribution >= 0.6 is 0 Å². The number of esters is 1. The number of anilines is 1. The summed E-state index contributed by atoms with van der Waals surface area (Å²) in [6.07, 6.45) is 1.42. The molecule has 0 aliphatic rings. The Morgan fingerprint density at radius 2 is 2.00 bits per heavy atom. The fourth-order valence-electron chi connectivity index (χ4n) is 1.69. The number of benzene rings is 1. The number of carbonyl (C=O) groups is 2. The van der Waals surface area contributed by atoms with E-state index in [-0.39, 0.29) is 11.7 Å². The van der Waals surface area contributed by atoms with Crippen LogP contribution in [0.15, 0.2) is 41.0 Å². The average Bonchev–Trinajstić information content (AvgIpc) is 2.94. The lowest BCUT2D eigenvalue weighted by molar-refractivity contribution is 0.0599. The van der Waals surface area contributed by atoms with Crippen molar-refractivity contribution >= 4 is 17.6 Å². The van der Waals surface area contributed by atoms with Crippen LogP contribution in [0.25, 0.3) is 0 Å². The molecule has 5 heteroatoms. The van der Waals surface area contributed by atoms with Crippen LogP contribution in [0.3, 0.4) is 0 Å². The van der Waals surface area contributed by atoms with E-state index in [1.54, 1.807) is 37.3 Å². The van der Waals surface area contributed by atoms with E-state index in [2.05, 4.69) is 10.1 Å². The molecule has 1 heterocycles. The van der Waals surface area contributed by atoms with E-state index in [1.807, 2.05) is 0 Å². The van der Waals surface area contributed by atoms with Gasteiger partial charge in [-0.05, 0) is 36.8 Å². The van der Waals surface area contributed by atoms with Crippen molar-refractivity contribution in [1.82, 2.24) is 0 Å². The zero-order valence-corrected chi connectivity index (χ0v) is 10.6. The van der Waals surface area contributed by atoms with E-state index in [0.717, 1.165) is 0 Å². The highest BCUT2D eigenvalue weighted by atomic mass is 16.5. The summed E-state index contributed by atoms with van der Waals surface area (Å²) in [7, 11) is 1.32. The van der Waals surface area contributed by atoms with Gasteiger partial charge in [-0.15, -0.1) is 0 Å². The first kappa shape index (κ1) is 12.9. The summed E-state index contributed by atoms with van der Waals surface area (Å²) in [5.41, 5.74) is 1.61. The first-order valence-corrected chi connectivity index (χ1v) is 5.66. The number of nitrogens with one attached hydrogen (secondary N) is 1. The molecule has 1 aromatic heterocycles. The molecule has 5 nitrogen and oxygen atoms in total. The number of furan rings is 1. The molecule has 0 radical (unpaired) electrons. The Labute approximate surface area is 110 Å². The number of amides is 1. The normalized spacial score (nSPS) is 10.0. The van der Waals surface area contributed by atoms with Crippen molar-refractivity contribution in [2.75, 3.05) is 12.4 Å². The van der Waals surface area contributed by atoms with Gasteiger partial charge < -0.3 is 14.5 Å². The third-order valence-corrected chi connectivity index (χ3v) is 2.73. The van der Waals surface area contributed by atoms with Gasteiger partial charge in [0.05, 0.1) is 18.9 Å². The molecule has 2 rings (SSSR count). The molecule has 1 aromatic carbocycles. The molecule has 0 unspecified atom stereocenters. The lowest BCUT2D eigenvalue weighted by Gasteiger charge is -2.10. The maximum absolute atomic E-state index is 11.9. The van der Waals surface area contributed by atoms with Gasteiger partial charge in [0.2, 0.25) is 0 Å². The molecule has 0 atom stereocenters. The van der Waals surface area contributed by atoms with Gasteiger partial charge in [0.15, 0.2) is 5.76 Å². The molecule has 0 aliphatic heterocycles. The molecule has 19 heavy (non-hydrogen) atoms. The Hall–Kier alpha value is -2.56. The van der Waals surface area contributed by atoms with Gasteiger partial charge in [-0.3, -0.25) is 4.79 Å². The Morgan fingerprint density at radius 3 is 2.63 bits per heavy atom. The SMILES string of the molecule is COC(=O)c1cccc(NC(=O)c2ccco2)c1C. The largest absolute Gasteiger partial charge is 0.465 e. The number of rotatable bonds is 3. The highest BCUT2D eigenvalue weighted by Gasteiger charge is 2.15. The third-order valence-electron chi connectivity index (χ3n) is 2.73. The molecule has 2 aromatic rings. The van der Waals surface area contributed by atoms with Crippen LogP contribution in [0.1, 0.15) is 26.5 Å². The summed E-state index contributed by atoms with van der Waals surface area (Å²) in [5, 5.41) is 2.69. The van der Waals surface area contributed by atoms with Crippen molar-refractivity contribution < 1.29 is 18.7 Å².